The van der Waals surface area contributed by atoms with E-state index in [1.54, 1.807) is 12.0 Å². The number of benzene rings is 2. The van der Waals surface area contributed by atoms with Crippen LogP contribution in [0.15, 0.2) is 54.6 Å². The van der Waals surface area contributed by atoms with Gasteiger partial charge < -0.3 is 19.9 Å². The van der Waals surface area contributed by atoms with Crippen LogP contribution in [0.1, 0.15) is 17.5 Å². The minimum Gasteiger partial charge on any atom is -0.497 e. The maximum atomic E-state index is 12.5. The highest BCUT2D eigenvalue weighted by atomic mass is 16.5. The standard InChI is InChI=1S/C22H27N3O3/c1-28-20-9-5-8-18(16-20)10-11-21(26)24-12-14-25(15-13-24)22(27)23-17-19-6-3-2-4-7-19/h2-9,16H,10-15,17H2,1H3,(H,23,27). The van der Waals surface area contributed by atoms with E-state index in [4.69, 9.17) is 4.74 Å². The zero-order chi connectivity index (χ0) is 19.8. The van der Waals surface area contributed by atoms with Gasteiger partial charge in [-0.3, -0.25) is 4.79 Å². The highest BCUT2D eigenvalue weighted by molar-refractivity contribution is 5.78. The first-order valence-corrected chi connectivity index (χ1v) is 9.63. The molecule has 1 saturated heterocycles. The highest BCUT2D eigenvalue weighted by Gasteiger charge is 2.23. The third-order valence-corrected chi connectivity index (χ3v) is 4.97. The van der Waals surface area contributed by atoms with E-state index in [-0.39, 0.29) is 11.9 Å². The van der Waals surface area contributed by atoms with E-state index in [9.17, 15) is 9.59 Å². The Kier molecular flexibility index (Phi) is 6.89. The van der Waals surface area contributed by atoms with E-state index in [1.807, 2.05) is 59.5 Å². The molecule has 0 radical (unpaired) electrons. The first-order chi connectivity index (χ1) is 13.7. The number of nitrogens with zero attached hydrogens (tertiary/aromatic N) is 2. The Bertz CT molecular complexity index is 787. The molecule has 0 bridgehead atoms. The van der Waals surface area contributed by atoms with Gasteiger partial charge in [0, 0.05) is 39.1 Å². The van der Waals surface area contributed by atoms with Crippen molar-refractivity contribution in [3.05, 3.63) is 65.7 Å². The zero-order valence-electron chi connectivity index (χ0n) is 16.3. The van der Waals surface area contributed by atoms with Crippen molar-refractivity contribution in [2.45, 2.75) is 19.4 Å². The van der Waals surface area contributed by atoms with Crippen molar-refractivity contribution in [2.75, 3.05) is 33.3 Å². The molecule has 1 aliphatic heterocycles. The predicted molar refractivity (Wildman–Crippen MR) is 108 cm³/mol. The predicted octanol–water partition coefficient (Wildman–Crippen LogP) is 2.68. The number of carbonyl (C=O) groups excluding carboxylic acids is 2. The van der Waals surface area contributed by atoms with Crippen molar-refractivity contribution in [2.24, 2.45) is 0 Å². The number of piperazine rings is 1. The summed E-state index contributed by atoms with van der Waals surface area (Å²) in [4.78, 5) is 28.4. The van der Waals surface area contributed by atoms with Gasteiger partial charge in [-0.05, 0) is 29.7 Å². The number of urea groups is 1. The van der Waals surface area contributed by atoms with Gasteiger partial charge in [0.25, 0.3) is 0 Å². The first-order valence-electron chi connectivity index (χ1n) is 9.63. The Labute approximate surface area is 166 Å². The Hall–Kier alpha value is -3.02. The highest BCUT2D eigenvalue weighted by Crippen LogP contribution is 2.15. The maximum absolute atomic E-state index is 12.5. The van der Waals surface area contributed by atoms with E-state index in [0.717, 1.165) is 16.9 Å². The molecule has 1 aliphatic rings. The van der Waals surface area contributed by atoms with E-state index >= 15 is 0 Å². The van der Waals surface area contributed by atoms with Gasteiger partial charge in [0.05, 0.1) is 7.11 Å². The molecule has 28 heavy (non-hydrogen) atoms. The third kappa shape index (κ3) is 5.49. The number of hydrogen-bond donors (Lipinski definition) is 1. The number of carbonyl (C=O) groups is 2. The fourth-order valence-corrected chi connectivity index (χ4v) is 3.28. The summed E-state index contributed by atoms with van der Waals surface area (Å²) in [6.45, 7) is 2.79. The molecule has 1 heterocycles. The molecule has 6 nitrogen and oxygen atoms in total. The van der Waals surface area contributed by atoms with Crippen molar-refractivity contribution in [3.8, 4) is 5.75 Å². The van der Waals surface area contributed by atoms with E-state index in [0.29, 0.717) is 45.6 Å². The number of hydrogen-bond acceptors (Lipinski definition) is 3. The molecule has 0 unspecified atom stereocenters. The minimum atomic E-state index is -0.0765. The summed E-state index contributed by atoms with van der Waals surface area (Å²) in [5.74, 6) is 0.937. The molecule has 2 aromatic rings. The summed E-state index contributed by atoms with van der Waals surface area (Å²) in [7, 11) is 1.64. The molecule has 2 aromatic carbocycles. The summed E-state index contributed by atoms with van der Waals surface area (Å²) >= 11 is 0. The quantitative estimate of drug-likeness (QED) is 0.837. The van der Waals surface area contributed by atoms with Crippen LogP contribution in [0, 0.1) is 0 Å². The van der Waals surface area contributed by atoms with Crippen molar-refractivity contribution >= 4 is 11.9 Å². The lowest BCUT2D eigenvalue weighted by atomic mass is 10.1. The third-order valence-electron chi connectivity index (χ3n) is 4.97. The zero-order valence-corrected chi connectivity index (χ0v) is 16.3. The van der Waals surface area contributed by atoms with E-state index < -0.39 is 0 Å². The normalized spacial score (nSPS) is 13.9. The smallest absolute Gasteiger partial charge is 0.317 e. The van der Waals surface area contributed by atoms with Gasteiger partial charge in [0.2, 0.25) is 5.91 Å². The van der Waals surface area contributed by atoms with E-state index in [2.05, 4.69) is 5.32 Å². The topological polar surface area (TPSA) is 61.9 Å². The van der Waals surface area contributed by atoms with Crippen molar-refractivity contribution < 1.29 is 14.3 Å². The second-order valence-corrected chi connectivity index (χ2v) is 6.86. The lowest BCUT2D eigenvalue weighted by molar-refractivity contribution is -0.132. The number of ether oxygens (including phenoxy) is 1. The van der Waals surface area contributed by atoms with Crippen molar-refractivity contribution in [1.82, 2.24) is 15.1 Å². The molecule has 0 aromatic heterocycles. The van der Waals surface area contributed by atoms with Gasteiger partial charge >= 0.3 is 6.03 Å². The average Bonchev–Trinajstić information content (AvgIpc) is 2.76. The largest absolute Gasteiger partial charge is 0.497 e. The Morgan fingerprint density at radius 3 is 2.32 bits per heavy atom. The van der Waals surface area contributed by atoms with Crippen LogP contribution in [0.5, 0.6) is 5.75 Å². The van der Waals surface area contributed by atoms with Crippen LogP contribution < -0.4 is 10.1 Å². The molecule has 0 saturated carbocycles. The summed E-state index contributed by atoms with van der Waals surface area (Å²) in [5, 5.41) is 2.94. The van der Waals surface area contributed by atoms with E-state index in [1.165, 1.54) is 0 Å². The Balaban J connectivity index is 1.40. The summed E-state index contributed by atoms with van der Waals surface area (Å²) < 4.78 is 5.22. The summed E-state index contributed by atoms with van der Waals surface area (Å²) in [6, 6.07) is 17.6. The van der Waals surface area contributed by atoms with Gasteiger partial charge in [-0.1, -0.05) is 42.5 Å². The number of aryl methyl sites for hydroxylation is 1. The van der Waals surface area contributed by atoms with Crippen molar-refractivity contribution in [1.29, 1.82) is 0 Å². The number of nitrogens with one attached hydrogen (secondary N) is 1. The molecular formula is C22H27N3O3. The van der Waals surface area contributed by atoms with Gasteiger partial charge in [0.15, 0.2) is 0 Å². The van der Waals surface area contributed by atoms with Gasteiger partial charge in [-0.2, -0.15) is 0 Å². The van der Waals surface area contributed by atoms with Crippen molar-refractivity contribution in [3.63, 3.8) is 0 Å². The Morgan fingerprint density at radius 2 is 1.61 bits per heavy atom. The molecule has 0 atom stereocenters. The molecule has 0 spiro atoms. The van der Waals surface area contributed by atoms with Crippen LogP contribution in [0.3, 0.4) is 0 Å². The Morgan fingerprint density at radius 1 is 0.929 bits per heavy atom. The molecular weight excluding hydrogens is 354 g/mol. The average molecular weight is 381 g/mol. The second kappa shape index (κ2) is 9.78. The number of rotatable bonds is 6. The van der Waals surface area contributed by atoms with Crippen LogP contribution in [-0.2, 0) is 17.8 Å². The molecule has 1 fully saturated rings. The second-order valence-electron chi connectivity index (χ2n) is 6.86. The van der Waals surface area contributed by atoms with Gasteiger partial charge in [-0.15, -0.1) is 0 Å². The molecule has 3 rings (SSSR count). The first kappa shape index (κ1) is 19.7. The number of methoxy groups -OCH3 is 1. The molecule has 3 amide bonds. The fraction of sp³-hybridized carbons (Fsp3) is 0.364. The summed E-state index contributed by atoms with van der Waals surface area (Å²) in [5.41, 5.74) is 2.16. The molecule has 0 aliphatic carbocycles. The van der Waals surface area contributed by atoms with Crippen LogP contribution in [0.4, 0.5) is 4.79 Å². The lowest BCUT2D eigenvalue weighted by Crippen LogP contribution is -2.53. The molecule has 1 N–H and O–H groups in total. The summed E-state index contributed by atoms with van der Waals surface area (Å²) in [6.07, 6.45) is 1.15. The molecule has 148 valence electrons. The number of amides is 3. The van der Waals surface area contributed by atoms with Gasteiger partial charge in [-0.25, -0.2) is 4.79 Å². The van der Waals surface area contributed by atoms with Crippen LogP contribution in [0.25, 0.3) is 0 Å². The van der Waals surface area contributed by atoms with Gasteiger partial charge in [0.1, 0.15) is 5.75 Å². The minimum absolute atomic E-state index is 0.0765. The van der Waals surface area contributed by atoms with Crippen LogP contribution in [0.2, 0.25) is 0 Å². The monoisotopic (exact) mass is 381 g/mol. The fourth-order valence-electron chi connectivity index (χ4n) is 3.28. The SMILES string of the molecule is COc1cccc(CCC(=O)N2CCN(C(=O)NCc3ccccc3)CC2)c1. The lowest BCUT2D eigenvalue weighted by Gasteiger charge is -2.34. The van der Waals surface area contributed by atoms with Crippen LogP contribution in [-0.4, -0.2) is 55.0 Å². The molecule has 6 heteroatoms. The van der Waals surface area contributed by atoms with Crippen LogP contribution >= 0.6 is 0 Å². The maximum Gasteiger partial charge on any atom is 0.317 e.